The number of ether oxygens (including phenoxy) is 1. The van der Waals surface area contributed by atoms with Crippen LogP contribution in [0.2, 0.25) is 6.82 Å². The van der Waals surface area contributed by atoms with Crippen LogP contribution in [-0.4, -0.2) is 58.7 Å². The second-order valence-electron chi connectivity index (χ2n) is 5.22. The van der Waals surface area contributed by atoms with E-state index >= 15 is 0 Å². The number of nitrogens with one attached hydrogen (secondary N) is 1. The van der Waals surface area contributed by atoms with Crippen LogP contribution in [0.1, 0.15) is 25.0 Å². The van der Waals surface area contributed by atoms with E-state index in [2.05, 4.69) is 19.3 Å². The lowest BCUT2D eigenvalue weighted by molar-refractivity contribution is 0.102. The zero-order valence-electron chi connectivity index (χ0n) is 18.7. The van der Waals surface area contributed by atoms with Crippen molar-refractivity contribution in [1.82, 2.24) is 14.7 Å². The van der Waals surface area contributed by atoms with Crippen molar-refractivity contribution in [2.45, 2.75) is 38.4 Å². The molecule has 0 aliphatic carbocycles. The van der Waals surface area contributed by atoms with Gasteiger partial charge in [-0.1, -0.05) is 13.8 Å². The first-order valence-electron chi connectivity index (χ1n) is 9.99. The van der Waals surface area contributed by atoms with Crippen LogP contribution in [0.25, 0.3) is 0 Å². The molecular weight excluding hydrogens is 409 g/mol. The van der Waals surface area contributed by atoms with Gasteiger partial charge in [0.2, 0.25) is 10.0 Å². The van der Waals surface area contributed by atoms with Gasteiger partial charge in [-0.15, -0.1) is 0 Å². The third-order valence-electron chi connectivity index (χ3n) is 3.38. The molecule has 0 saturated heterocycles. The van der Waals surface area contributed by atoms with Crippen LogP contribution in [0.3, 0.4) is 0 Å². The number of aliphatic hydroxyl groups excluding tert-OH is 1. The molecule has 0 atom stereocenters. The van der Waals surface area contributed by atoms with Gasteiger partial charge in [-0.2, -0.15) is 0 Å². The number of carbonyl (C=O) groups is 1. The highest BCUT2D eigenvalue weighted by molar-refractivity contribution is 7.89. The second kappa shape index (κ2) is 16.3. The van der Waals surface area contributed by atoms with Gasteiger partial charge in [-0.25, -0.2) is 17.9 Å². The molecule has 2 rings (SSSR count). The summed E-state index contributed by atoms with van der Waals surface area (Å²) in [5.41, 5.74) is 1.61. The highest BCUT2D eigenvalue weighted by atomic mass is 32.2. The lowest BCUT2D eigenvalue weighted by Gasteiger charge is -2.09. The van der Waals surface area contributed by atoms with Crippen molar-refractivity contribution in [2.24, 2.45) is 0 Å². The molecule has 0 unspecified atom stereocenters. The average Bonchev–Trinajstić information content (AvgIpc) is 2.76. The van der Waals surface area contributed by atoms with E-state index in [4.69, 9.17) is 11.2 Å². The summed E-state index contributed by atoms with van der Waals surface area (Å²) in [7, 11) is -3.32. The highest BCUT2D eigenvalue weighted by Crippen LogP contribution is 2.14. The van der Waals surface area contributed by atoms with Gasteiger partial charge in [0.05, 0.1) is 6.61 Å². The molecule has 30 heavy (non-hydrogen) atoms. The van der Waals surface area contributed by atoms with Crippen molar-refractivity contribution >= 4 is 23.6 Å². The van der Waals surface area contributed by atoms with Crippen molar-refractivity contribution in [3.8, 4) is 0 Å². The van der Waals surface area contributed by atoms with Crippen molar-refractivity contribution in [3.63, 3.8) is 0 Å². The third kappa shape index (κ3) is 10.9. The molecule has 2 aromatic rings. The summed E-state index contributed by atoms with van der Waals surface area (Å²) in [4.78, 5) is 18.7. The molecule has 2 N–H and O–H groups in total. The lowest BCUT2D eigenvalue weighted by Crippen LogP contribution is -2.21. The topological polar surface area (TPSA) is 128 Å². The van der Waals surface area contributed by atoms with Crippen LogP contribution in [0.5, 0.6) is 0 Å². The van der Waals surface area contributed by atoms with E-state index in [0.29, 0.717) is 5.56 Å². The Morgan fingerprint density at radius 1 is 1.20 bits per heavy atom. The van der Waals surface area contributed by atoms with Crippen LogP contribution in [0.4, 0.5) is 4.79 Å². The van der Waals surface area contributed by atoms with Gasteiger partial charge in [0.15, 0.2) is 0 Å². The SMILES string of the molecule is CC.OCCc1ccncc1.[3H]B(C)OC(=O)OCCc1ccncc1S(=O)(=O)NC. The summed E-state index contributed by atoms with van der Waals surface area (Å²) in [5.74, 6) is 0. The summed E-state index contributed by atoms with van der Waals surface area (Å²) < 4.78 is 42.0. The molecule has 0 bridgehead atoms. The first-order chi connectivity index (χ1) is 14.8. The molecule has 166 valence electrons. The maximum Gasteiger partial charge on any atom is 0.489 e. The average molecular weight is 441 g/mol. The zero-order chi connectivity index (χ0) is 23.7. The Balaban J connectivity index is 0.000000679. The molecule has 0 fully saturated rings. The zero-order valence-corrected chi connectivity index (χ0v) is 18.6. The molecule has 0 aliphatic rings. The van der Waals surface area contributed by atoms with Gasteiger partial charge in [-0.3, -0.25) is 9.97 Å². The van der Waals surface area contributed by atoms with E-state index in [1.54, 1.807) is 12.4 Å². The van der Waals surface area contributed by atoms with Gasteiger partial charge in [-0.05, 0) is 49.6 Å². The molecule has 0 amide bonds. The molecule has 9 nitrogen and oxygen atoms in total. The summed E-state index contributed by atoms with van der Waals surface area (Å²) >= 11 is 0. The number of aliphatic hydroxyl groups is 1. The van der Waals surface area contributed by atoms with Crippen molar-refractivity contribution in [3.05, 3.63) is 54.1 Å². The number of hydrogen-bond donors (Lipinski definition) is 2. The lowest BCUT2D eigenvalue weighted by atomic mass is 10.1. The Labute approximate surface area is 180 Å². The van der Waals surface area contributed by atoms with Gasteiger partial charge in [0.25, 0.3) is 0 Å². The van der Waals surface area contributed by atoms with Crippen molar-refractivity contribution in [2.75, 3.05) is 20.3 Å². The minimum absolute atomic E-state index is 0.0355. The van der Waals surface area contributed by atoms with E-state index in [-0.39, 0.29) is 24.5 Å². The van der Waals surface area contributed by atoms with Gasteiger partial charge in [0.1, 0.15) is 4.90 Å². The third-order valence-corrected chi connectivity index (χ3v) is 4.87. The maximum atomic E-state index is 11.8. The predicted octanol–water partition coefficient (Wildman–Crippen LogP) is 1.73. The molecular formula is C19H30BN3O6S. The standard InChI is InChI=1S/C10H15BN2O5S.C7H9NO.C2H6/c1-11-18-10(14)17-6-4-8-3-5-13-7-9(8)19(15,16)12-2;9-6-3-7-1-4-8-5-2-7;1-2/h3,5,7,11-12H,4,6H2,1-2H3;1-2,4-5,9H,3,6H2;1-2H3/i11T;;. The molecule has 2 heterocycles. The number of pyridine rings is 2. The van der Waals surface area contributed by atoms with Gasteiger partial charge >= 0.3 is 13.6 Å². The summed E-state index contributed by atoms with van der Waals surface area (Å²) in [6, 6.07) is 5.33. The Hall–Kier alpha value is -2.50. The Morgan fingerprint density at radius 2 is 1.83 bits per heavy atom. The van der Waals surface area contributed by atoms with E-state index < -0.39 is 23.6 Å². The van der Waals surface area contributed by atoms with Gasteiger partial charge < -0.3 is 14.5 Å². The Bertz CT molecular complexity index is 857. The van der Waals surface area contributed by atoms with Crippen LogP contribution in [-0.2, 0) is 32.3 Å². The van der Waals surface area contributed by atoms with E-state index in [9.17, 15) is 13.2 Å². The fourth-order valence-corrected chi connectivity index (χ4v) is 2.96. The number of sulfonamides is 1. The van der Waals surface area contributed by atoms with Crippen molar-refractivity contribution < 1.29 is 27.7 Å². The van der Waals surface area contributed by atoms with Crippen molar-refractivity contribution in [1.29, 1.82) is 1.34 Å². The summed E-state index contributed by atoms with van der Waals surface area (Å²) in [5, 5.41) is 8.50. The normalized spacial score (nSPS) is 10.4. The number of hydrogen-bond acceptors (Lipinski definition) is 8. The fraction of sp³-hybridized carbons (Fsp3) is 0.421. The molecule has 2 aromatic heterocycles. The molecule has 0 spiro atoms. The molecule has 11 heteroatoms. The molecule has 0 radical (unpaired) electrons. The highest BCUT2D eigenvalue weighted by Gasteiger charge is 2.16. The largest absolute Gasteiger partial charge is 0.510 e. The van der Waals surface area contributed by atoms with Crippen LogP contribution >= 0.6 is 0 Å². The molecule has 0 aliphatic heterocycles. The maximum absolute atomic E-state index is 11.8. The predicted molar refractivity (Wildman–Crippen MR) is 116 cm³/mol. The quantitative estimate of drug-likeness (QED) is 0.468. The Morgan fingerprint density at radius 3 is 2.40 bits per heavy atom. The van der Waals surface area contributed by atoms with E-state index in [1.807, 2.05) is 26.0 Å². The van der Waals surface area contributed by atoms with Crippen LogP contribution in [0, 0.1) is 0 Å². The number of rotatable bonds is 8. The monoisotopic (exact) mass is 441 g/mol. The minimum atomic E-state index is -3.61. The molecule has 0 saturated carbocycles. The Kier molecular flexibility index (Phi) is 13.9. The second-order valence-corrected chi connectivity index (χ2v) is 7.08. The first kappa shape index (κ1) is 25.5. The number of nitrogens with zero attached hydrogens (tertiary/aromatic N) is 2. The van der Waals surface area contributed by atoms with E-state index in [0.717, 1.165) is 12.0 Å². The summed E-state index contributed by atoms with van der Waals surface area (Å²) in [6.45, 7) is 5.54. The number of aromatic nitrogens is 2. The smallest absolute Gasteiger partial charge is 0.489 e. The van der Waals surface area contributed by atoms with Crippen LogP contribution in [0.15, 0.2) is 47.9 Å². The van der Waals surface area contributed by atoms with E-state index in [1.165, 1.54) is 32.3 Å². The minimum Gasteiger partial charge on any atom is -0.510 e. The number of carbonyl (C=O) groups excluding carboxylic acids is 1. The fourth-order valence-electron chi connectivity index (χ4n) is 2.02. The molecule has 0 aromatic carbocycles. The summed E-state index contributed by atoms with van der Waals surface area (Å²) in [6.07, 6.45) is 6.10. The van der Waals surface area contributed by atoms with Crippen LogP contribution < -0.4 is 4.72 Å². The van der Waals surface area contributed by atoms with Gasteiger partial charge in [0, 0.05) is 39.2 Å². The first-order valence-corrected chi connectivity index (χ1v) is 10.9.